The number of benzene rings is 1. The maximum atomic E-state index is 8.37. The van der Waals surface area contributed by atoms with E-state index in [9.17, 15) is 0 Å². The SMILES string of the molecule is N#CCC=Cc1ccc2ncsc2c1. The van der Waals surface area contributed by atoms with Crippen LogP contribution in [0.5, 0.6) is 0 Å². The van der Waals surface area contributed by atoms with Crippen LogP contribution in [0.4, 0.5) is 0 Å². The van der Waals surface area contributed by atoms with Crippen molar-refractivity contribution >= 4 is 27.6 Å². The van der Waals surface area contributed by atoms with Gasteiger partial charge in [0, 0.05) is 0 Å². The lowest BCUT2D eigenvalue weighted by molar-refractivity contribution is 1.36. The summed E-state index contributed by atoms with van der Waals surface area (Å²) < 4.78 is 1.18. The van der Waals surface area contributed by atoms with Gasteiger partial charge in [0.25, 0.3) is 0 Å². The molecule has 2 aromatic rings. The average Bonchev–Trinajstić information content (AvgIpc) is 2.65. The maximum Gasteiger partial charge on any atom is 0.0812 e. The second-order valence-corrected chi connectivity index (χ2v) is 3.73. The Morgan fingerprint density at radius 2 is 2.43 bits per heavy atom. The third-order valence-electron chi connectivity index (χ3n) is 1.87. The van der Waals surface area contributed by atoms with Gasteiger partial charge in [0.2, 0.25) is 0 Å². The van der Waals surface area contributed by atoms with Gasteiger partial charge >= 0.3 is 0 Å². The topological polar surface area (TPSA) is 36.7 Å². The summed E-state index contributed by atoms with van der Waals surface area (Å²) in [4.78, 5) is 4.20. The van der Waals surface area contributed by atoms with Crippen molar-refractivity contribution in [1.82, 2.24) is 4.98 Å². The normalized spacial score (nSPS) is 10.8. The maximum absolute atomic E-state index is 8.37. The van der Waals surface area contributed by atoms with E-state index >= 15 is 0 Å². The van der Waals surface area contributed by atoms with Crippen LogP contribution in [0, 0.1) is 11.3 Å². The molecule has 2 nitrogen and oxygen atoms in total. The second kappa shape index (κ2) is 4.03. The number of hydrogen-bond donors (Lipinski definition) is 0. The third kappa shape index (κ3) is 1.81. The van der Waals surface area contributed by atoms with Crippen LogP contribution in [-0.2, 0) is 0 Å². The predicted octanol–water partition coefficient (Wildman–Crippen LogP) is 3.22. The van der Waals surface area contributed by atoms with E-state index in [1.165, 1.54) is 4.70 Å². The van der Waals surface area contributed by atoms with Crippen LogP contribution in [0.25, 0.3) is 16.3 Å². The summed E-state index contributed by atoms with van der Waals surface area (Å²) in [5, 5.41) is 8.37. The molecule has 1 aromatic heterocycles. The monoisotopic (exact) mass is 200 g/mol. The Bertz CT molecular complexity index is 505. The molecule has 0 saturated carbocycles. The van der Waals surface area contributed by atoms with Crippen LogP contribution >= 0.6 is 11.3 Å². The van der Waals surface area contributed by atoms with Crippen LogP contribution in [0.3, 0.4) is 0 Å². The molecule has 2 rings (SSSR count). The summed E-state index contributed by atoms with van der Waals surface area (Å²) in [5.74, 6) is 0. The first-order valence-corrected chi connectivity index (χ1v) is 5.15. The minimum absolute atomic E-state index is 0.459. The Morgan fingerprint density at radius 3 is 3.29 bits per heavy atom. The van der Waals surface area contributed by atoms with Gasteiger partial charge < -0.3 is 0 Å². The number of hydrogen-bond acceptors (Lipinski definition) is 3. The molecule has 0 N–H and O–H groups in total. The molecule has 0 spiro atoms. The van der Waals surface area contributed by atoms with Gasteiger partial charge in [-0.25, -0.2) is 4.98 Å². The van der Waals surface area contributed by atoms with Crippen molar-refractivity contribution in [2.75, 3.05) is 0 Å². The van der Waals surface area contributed by atoms with E-state index in [0.717, 1.165) is 11.1 Å². The number of fused-ring (bicyclic) bond motifs is 1. The molecule has 14 heavy (non-hydrogen) atoms. The number of thiazole rings is 1. The molecule has 0 fully saturated rings. The van der Waals surface area contributed by atoms with E-state index in [1.807, 2.05) is 29.8 Å². The fourth-order valence-electron chi connectivity index (χ4n) is 1.22. The lowest BCUT2D eigenvalue weighted by Gasteiger charge is -1.91. The number of rotatable bonds is 2. The summed E-state index contributed by atoms with van der Waals surface area (Å²) in [6.07, 6.45) is 4.28. The van der Waals surface area contributed by atoms with Gasteiger partial charge in [-0.2, -0.15) is 5.26 Å². The molecular weight excluding hydrogens is 192 g/mol. The Labute approximate surface area is 86.1 Å². The lowest BCUT2D eigenvalue weighted by atomic mass is 10.2. The zero-order valence-corrected chi connectivity index (χ0v) is 8.29. The summed E-state index contributed by atoms with van der Waals surface area (Å²) >= 11 is 1.63. The minimum Gasteiger partial charge on any atom is -0.245 e. The van der Waals surface area contributed by atoms with E-state index < -0.39 is 0 Å². The molecule has 0 saturated heterocycles. The van der Waals surface area contributed by atoms with Gasteiger partial charge in [-0.05, 0) is 17.7 Å². The average molecular weight is 200 g/mol. The van der Waals surface area contributed by atoms with Crippen LogP contribution in [-0.4, -0.2) is 4.98 Å². The molecule has 0 unspecified atom stereocenters. The molecule has 68 valence electrons. The first-order valence-electron chi connectivity index (χ1n) is 4.27. The highest BCUT2D eigenvalue weighted by Gasteiger charge is 1.95. The Kier molecular flexibility index (Phi) is 2.57. The van der Waals surface area contributed by atoms with E-state index in [-0.39, 0.29) is 0 Å². The van der Waals surface area contributed by atoms with E-state index in [1.54, 1.807) is 11.3 Å². The molecule has 1 aromatic carbocycles. The highest BCUT2D eigenvalue weighted by molar-refractivity contribution is 7.16. The first-order chi connectivity index (χ1) is 6.90. The molecule has 0 aliphatic carbocycles. The van der Waals surface area contributed by atoms with Crippen molar-refractivity contribution < 1.29 is 0 Å². The van der Waals surface area contributed by atoms with Gasteiger partial charge in [0.15, 0.2) is 0 Å². The first kappa shape index (κ1) is 8.92. The van der Waals surface area contributed by atoms with Crippen molar-refractivity contribution in [2.24, 2.45) is 0 Å². The van der Waals surface area contributed by atoms with Crippen molar-refractivity contribution in [1.29, 1.82) is 5.26 Å². The Morgan fingerprint density at radius 1 is 1.50 bits per heavy atom. The Balaban J connectivity index is 2.31. The molecule has 0 radical (unpaired) electrons. The number of nitrogens with zero attached hydrogens (tertiary/aromatic N) is 2. The molecule has 3 heteroatoms. The van der Waals surface area contributed by atoms with Gasteiger partial charge in [0.1, 0.15) is 0 Å². The largest absolute Gasteiger partial charge is 0.245 e. The zero-order valence-electron chi connectivity index (χ0n) is 7.47. The van der Waals surface area contributed by atoms with Crippen molar-refractivity contribution in [3.63, 3.8) is 0 Å². The zero-order chi connectivity index (χ0) is 9.80. The highest BCUT2D eigenvalue weighted by Crippen LogP contribution is 2.19. The van der Waals surface area contributed by atoms with E-state index in [0.29, 0.717) is 6.42 Å². The van der Waals surface area contributed by atoms with Gasteiger partial charge in [0.05, 0.1) is 28.2 Å². The van der Waals surface area contributed by atoms with Gasteiger partial charge in [-0.1, -0.05) is 18.2 Å². The number of nitriles is 1. The van der Waals surface area contributed by atoms with Crippen molar-refractivity contribution in [3.8, 4) is 6.07 Å². The molecule has 0 amide bonds. The third-order valence-corrected chi connectivity index (χ3v) is 2.67. The fraction of sp³-hybridized carbons (Fsp3) is 0.0909. The molecular formula is C11H8N2S. The molecule has 0 bridgehead atoms. The van der Waals surface area contributed by atoms with Crippen molar-refractivity contribution in [2.45, 2.75) is 6.42 Å². The Hall–Kier alpha value is -1.66. The van der Waals surface area contributed by atoms with Crippen LogP contribution in [0.1, 0.15) is 12.0 Å². The smallest absolute Gasteiger partial charge is 0.0812 e. The molecule has 0 aliphatic rings. The summed E-state index contributed by atoms with van der Waals surface area (Å²) in [6.45, 7) is 0. The number of aromatic nitrogens is 1. The summed E-state index contributed by atoms with van der Waals surface area (Å²) in [7, 11) is 0. The number of allylic oxidation sites excluding steroid dienone is 1. The fourth-order valence-corrected chi connectivity index (χ4v) is 1.95. The summed E-state index contributed by atoms with van der Waals surface area (Å²) in [5.41, 5.74) is 4.00. The van der Waals surface area contributed by atoms with Gasteiger partial charge in [-0.3, -0.25) is 0 Å². The van der Waals surface area contributed by atoms with Gasteiger partial charge in [-0.15, -0.1) is 11.3 Å². The van der Waals surface area contributed by atoms with Crippen LogP contribution in [0.15, 0.2) is 29.8 Å². The quantitative estimate of drug-likeness (QED) is 0.746. The standard InChI is InChI=1S/C11H8N2S/c12-6-2-1-3-9-4-5-10-11(7-9)14-8-13-10/h1,3-5,7-8H,2H2. The van der Waals surface area contributed by atoms with E-state index in [4.69, 9.17) is 5.26 Å². The highest BCUT2D eigenvalue weighted by atomic mass is 32.1. The summed E-state index contributed by atoms with van der Waals surface area (Å²) in [6, 6.07) is 8.17. The predicted molar refractivity (Wildman–Crippen MR) is 58.9 cm³/mol. The van der Waals surface area contributed by atoms with Crippen LogP contribution < -0.4 is 0 Å². The molecule has 1 heterocycles. The van der Waals surface area contributed by atoms with Crippen LogP contribution in [0.2, 0.25) is 0 Å². The molecule has 0 aliphatic heterocycles. The van der Waals surface area contributed by atoms with E-state index in [2.05, 4.69) is 17.1 Å². The second-order valence-electron chi connectivity index (χ2n) is 2.84. The minimum atomic E-state index is 0.459. The van der Waals surface area contributed by atoms with Crippen molar-refractivity contribution in [3.05, 3.63) is 35.3 Å². The molecule has 0 atom stereocenters. The lowest BCUT2D eigenvalue weighted by Crippen LogP contribution is -1.71.